The number of rotatable bonds is 6. The topological polar surface area (TPSA) is 84.8 Å². The molecule has 0 saturated carbocycles. The Kier molecular flexibility index (Phi) is 6.99. The number of carbonyl (C=O) groups is 1. The van der Waals surface area contributed by atoms with E-state index in [4.69, 9.17) is 9.47 Å². The van der Waals surface area contributed by atoms with Crippen LogP contribution in [0.15, 0.2) is 4.99 Å². The van der Waals surface area contributed by atoms with E-state index in [2.05, 4.69) is 20.6 Å². The second-order valence-corrected chi connectivity index (χ2v) is 6.67. The largest absolute Gasteiger partial charge is 0.462 e. The minimum Gasteiger partial charge on any atom is -0.462 e. The number of nitrogens with one attached hydrogen (secondary N) is 2. The summed E-state index contributed by atoms with van der Waals surface area (Å²) < 4.78 is 10.7. The van der Waals surface area contributed by atoms with Gasteiger partial charge in [0, 0.05) is 20.2 Å². The molecule has 0 amide bonds. The predicted molar refractivity (Wildman–Crippen MR) is 94.7 cm³/mol. The highest BCUT2D eigenvalue weighted by atomic mass is 32.1. The first-order valence-electron chi connectivity index (χ1n) is 8.28. The summed E-state index contributed by atoms with van der Waals surface area (Å²) in [4.78, 5) is 21.2. The Bertz CT molecular complexity index is 582. The third-order valence-electron chi connectivity index (χ3n) is 3.74. The number of thiazole rings is 1. The van der Waals surface area contributed by atoms with Gasteiger partial charge < -0.3 is 20.1 Å². The van der Waals surface area contributed by atoms with Crippen LogP contribution in [0.1, 0.15) is 53.1 Å². The maximum atomic E-state index is 11.9. The van der Waals surface area contributed by atoms with E-state index in [0.29, 0.717) is 23.1 Å². The second-order valence-electron chi connectivity index (χ2n) is 5.64. The molecule has 1 aliphatic rings. The molecule has 0 aliphatic carbocycles. The van der Waals surface area contributed by atoms with Gasteiger partial charge in [0.05, 0.1) is 24.4 Å². The molecule has 1 aliphatic heterocycles. The summed E-state index contributed by atoms with van der Waals surface area (Å²) in [6.45, 7) is 7.54. The van der Waals surface area contributed by atoms with E-state index in [1.807, 2.05) is 13.8 Å². The molecule has 1 fully saturated rings. The number of aliphatic imine (C=N–C) groups is 1. The van der Waals surface area contributed by atoms with E-state index in [-0.39, 0.29) is 18.1 Å². The van der Waals surface area contributed by atoms with Gasteiger partial charge in [-0.3, -0.25) is 4.99 Å². The zero-order valence-corrected chi connectivity index (χ0v) is 15.5. The fourth-order valence-electron chi connectivity index (χ4n) is 2.47. The zero-order valence-electron chi connectivity index (χ0n) is 14.7. The molecule has 0 bridgehead atoms. The van der Waals surface area contributed by atoms with Crippen LogP contribution < -0.4 is 10.6 Å². The number of aryl methyl sites for hydroxylation is 1. The number of nitrogens with zero attached hydrogens (tertiary/aromatic N) is 2. The fraction of sp³-hybridized carbons (Fsp3) is 0.688. The molecule has 1 aromatic heterocycles. The van der Waals surface area contributed by atoms with Gasteiger partial charge in [-0.15, -0.1) is 11.3 Å². The number of carbonyl (C=O) groups excluding carboxylic acids is 1. The molecule has 1 saturated heterocycles. The monoisotopic (exact) mass is 354 g/mol. The molecular weight excluding hydrogens is 328 g/mol. The molecule has 134 valence electrons. The Morgan fingerprint density at radius 1 is 1.58 bits per heavy atom. The summed E-state index contributed by atoms with van der Waals surface area (Å²) in [5, 5.41) is 7.40. The van der Waals surface area contributed by atoms with Gasteiger partial charge in [0.15, 0.2) is 5.96 Å². The van der Waals surface area contributed by atoms with Crippen molar-refractivity contribution < 1.29 is 14.3 Å². The van der Waals surface area contributed by atoms with E-state index in [0.717, 1.165) is 31.0 Å². The minimum atomic E-state index is -0.313. The van der Waals surface area contributed by atoms with E-state index >= 15 is 0 Å². The smallest absolute Gasteiger partial charge is 0.350 e. The summed E-state index contributed by atoms with van der Waals surface area (Å²) in [6.07, 6.45) is 2.44. The van der Waals surface area contributed by atoms with Crippen molar-refractivity contribution in [3.63, 3.8) is 0 Å². The molecule has 2 rings (SSSR count). The maximum Gasteiger partial charge on any atom is 0.350 e. The van der Waals surface area contributed by atoms with Crippen molar-refractivity contribution in [1.82, 2.24) is 15.6 Å². The molecule has 0 aromatic carbocycles. The first-order chi connectivity index (χ1) is 11.5. The third kappa shape index (κ3) is 4.91. The predicted octanol–water partition coefficient (Wildman–Crippen LogP) is 2.03. The van der Waals surface area contributed by atoms with E-state index < -0.39 is 0 Å². The Balaban J connectivity index is 1.93. The molecule has 8 heteroatoms. The van der Waals surface area contributed by atoms with Gasteiger partial charge in [0.2, 0.25) is 0 Å². The Morgan fingerprint density at radius 3 is 3.00 bits per heavy atom. The van der Waals surface area contributed by atoms with Crippen LogP contribution in [-0.2, 0) is 9.47 Å². The second kappa shape index (κ2) is 8.98. The number of esters is 1. The Hall–Kier alpha value is -1.67. The van der Waals surface area contributed by atoms with Crippen LogP contribution in [0.2, 0.25) is 0 Å². The van der Waals surface area contributed by atoms with Crippen molar-refractivity contribution in [3.05, 3.63) is 15.6 Å². The van der Waals surface area contributed by atoms with Crippen LogP contribution in [-0.4, -0.2) is 49.8 Å². The molecule has 24 heavy (non-hydrogen) atoms. The van der Waals surface area contributed by atoms with Gasteiger partial charge in [0.1, 0.15) is 9.88 Å². The molecule has 0 radical (unpaired) electrons. The highest BCUT2D eigenvalue weighted by molar-refractivity contribution is 7.13. The summed E-state index contributed by atoms with van der Waals surface area (Å²) >= 11 is 1.36. The van der Waals surface area contributed by atoms with Crippen LogP contribution >= 0.6 is 11.3 Å². The van der Waals surface area contributed by atoms with Crippen LogP contribution in [0.4, 0.5) is 0 Å². The number of hydrogen-bond acceptors (Lipinski definition) is 6. The fourth-order valence-corrected chi connectivity index (χ4v) is 3.43. The maximum absolute atomic E-state index is 11.9. The van der Waals surface area contributed by atoms with E-state index in [9.17, 15) is 4.79 Å². The molecule has 2 unspecified atom stereocenters. The van der Waals surface area contributed by atoms with E-state index in [1.54, 1.807) is 14.0 Å². The zero-order chi connectivity index (χ0) is 17.5. The van der Waals surface area contributed by atoms with Crippen LogP contribution in [0, 0.1) is 6.92 Å². The van der Waals surface area contributed by atoms with Gasteiger partial charge >= 0.3 is 5.97 Å². The van der Waals surface area contributed by atoms with Crippen molar-refractivity contribution in [3.8, 4) is 0 Å². The van der Waals surface area contributed by atoms with Gasteiger partial charge in [-0.05, 0) is 33.6 Å². The molecule has 7 nitrogen and oxygen atoms in total. The molecule has 2 atom stereocenters. The van der Waals surface area contributed by atoms with Gasteiger partial charge in [-0.25, -0.2) is 9.78 Å². The summed E-state index contributed by atoms with van der Waals surface area (Å²) in [7, 11) is 1.73. The lowest BCUT2D eigenvalue weighted by Gasteiger charge is -2.18. The molecule has 1 aromatic rings. The number of hydrogen-bond donors (Lipinski definition) is 2. The van der Waals surface area contributed by atoms with E-state index in [1.165, 1.54) is 11.3 Å². The summed E-state index contributed by atoms with van der Waals surface area (Å²) in [5.74, 6) is 0.385. The highest BCUT2D eigenvalue weighted by Gasteiger charge is 2.21. The van der Waals surface area contributed by atoms with Crippen LogP contribution in [0.3, 0.4) is 0 Å². The lowest BCUT2D eigenvalue weighted by Crippen LogP contribution is -2.42. The molecule has 2 heterocycles. The van der Waals surface area contributed by atoms with Gasteiger partial charge in [0.25, 0.3) is 0 Å². The lowest BCUT2D eigenvalue weighted by molar-refractivity contribution is 0.0531. The number of ether oxygens (including phenoxy) is 2. The van der Waals surface area contributed by atoms with Gasteiger partial charge in [-0.2, -0.15) is 0 Å². The number of guanidine groups is 1. The average Bonchev–Trinajstić information content (AvgIpc) is 3.20. The van der Waals surface area contributed by atoms with Crippen LogP contribution in [0.25, 0.3) is 0 Å². The number of aromatic nitrogens is 1. The SMILES string of the molecule is CCOC(=O)c1sc(C(C)NC(=NC)NCC2CCCO2)nc1C. The van der Waals surface area contributed by atoms with Gasteiger partial charge in [-0.1, -0.05) is 0 Å². The van der Waals surface area contributed by atoms with Crippen molar-refractivity contribution in [2.24, 2.45) is 4.99 Å². The Labute approximate surface area is 146 Å². The minimum absolute atomic E-state index is 0.0624. The standard InChI is InChI=1S/C16H26N4O3S/c1-5-22-15(21)13-10(2)19-14(24-13)11(3)20-16(17-4)18-9-12-7-6-8-23-12/h11-12H,5-9H2,1-4H3,(H2,17,18,20). The Morgan fingerprint density at radius 2 is 2.38 bits per heavy atom. The van der Waals surface area contributed by atoms with Crippen molar-refractivity contribution >= 4 is 23.3 Å². The first-order valence-corrected chi connectivity index (χ1v) is 9.10. The summed E-state index contributed by atoms with van der Waals surface area (Å²) in [6, 6.07) is -0.0624. The molecular formula is C16H26N4O3S. The lowest BCUT2D eigenvalue weighted by atomic mass is 10.2. The molecule has 2 N–H and O–H groups in total. The van der Waals surface area contributed by atoms with Crippen LogP contribution in [0.5, 0.6) is 0 Å². The van der Waals surface area contributed by atoms with Crippen molar-refractivity contribution in [2.75, 3.05) is 26.8 Å². The highest BCUT2D eigenvalue weighted by Crippen LogP contribution is 2.24. The van der Waals surface area contributed by atoms with Crippen molar-refractivity contribution in [1.29, 1.82) is 0 Å². The quantitative estimate of drug-likeness (QED) is 0.462. The first kappa shape index (κ1) is 18.7. The van der Waals surface area contributed by atoms with Crippen molar-refractivity contribution in [2.45, 2.75) is 45.8 Å². The third-order valence-corrected chi connectivity index (χ3v) is 5.06. The summed E-state index contributed by atoms with van der Waals surface area (Å²) in [5.41, 5.74) is 0.699. The average molecular weight is 354 g/mol. The normalized spacial score (nSPS) is 19.2. The molecule has 0 spiro atoms.